The van der Waals surface area contributed by atoms with Gasteiger partial charge in [0.2, 0.25) is 0 Å². The van der Waals surface area contributed by atoms with E-state index < -0.39 is 0 Å². The number of aryl methyl sites for hydroxylation is 1. The molecule has 0 spiro atoms. The van der Waals surface area contributed by atoms with Crippen molar-refractivity contribution in [2.45, 2.75) is 13.5 Å². The fourth-order valence-corrected chi connectivity index (χ4v) is 2.05. The van der Waals surface area contributed by atoms with Crippen LogP contribution in [-0.4, -0.2) is 23.0 Å². The van der Waals surface area contributed by atoms with Gasteiger partial charge in [-0.15, -0.1) is 0 Å². The first-order valence-corrected chi connectivity index (χ1v) is 6.55. The summed E-state index contributed by atoms with van der Waals surface area (Å²) in [5.74, 6) is -0.0617. The zero-order valence-electron chi connectivity index (χ0n) is 12.0. The van der Waals surface area contributed by atoms with Crippen LogP contribution in [0.2, 0.25) is 0 Å². The molecule has 2 aromatic rings. The van der Waals surface area contributed by atoms with Gasteiger partial charge in [0.05, 0.1) is 11.6 Å². The molecule has 4 nitrogen and oxygen atoms in total. The van der Waals surface area contributed by atoms with Gasteiger partial charge in [0.25, 0.3) is 5.91 Å². The van der Waals surface area contributed by atoms with Gasteiger partial charge < -0.3 is 10.0 Å². The standard InChI is InChI=1S/C17H16N2O2/c1-12-6-7-15(9-16(12)20)17(21)19(2)11-14-5-3-4-13(8-14)10-18/h3-9,20H,11H2,1-2H3. The van der Waals surface area contributed by atoms with E-state index in [2.05, 4.69) is 6.07 Å². The molecule has 0 aromatic heterocycles. The van der Waals surface area contributed by atoms with Gasteiger partial charge in [0, 0.05) is 19.2 Å². The van der Waals surface area contributed by atoms with Crippen LogP contribution in [-0.2, 0) is 6.54 Å². The van der Waals surface area contributed by atoms with Crippen LogP contribution >= 0.6 is 0 Å². The van der Waals surface area contributed by atoms with Gasteiger partial charge in [-0.2, -0.15) is 5.26 Å². The topological polar surface area (TPSA) is 64.3 Å². The van der Waals surface area contributed by atoms with Crippen LogP contribution in [0.5, 0.6) is 5.75 Å². The fourth-order valence-electron chi connectivity index (χ4n) is 2.05. The molecule has 0 aliphatic heterocycles. The predicted octanol–water partition coefficient (Wildman–Crippen LogP) is 2.84. The zero-order chi connectivity index (χ0) is 15.4. The number of rotatable bonds is 3. The van der Waals surface area contributed by atoms with E-state index in [4.69, 9.17) is 5.26 Å². The molecule has 0 aliphatic rings. The number of nitrogens with zero attached hydrogens (tertiary/aromatic N) is 2. The van der Waals surface area contributed by atoms with Gasteiger partial charge in [-0.05, 0) is 42.3 Å². The summed E-state index contributed by atoms with van der Waals surface area (Å²) in [6.45, 7) is 2.18. The normalized spacial score (nSPS) is 9.95. The van der Waals surface area contributed by atoms with E-state index in [9.17, 15) is 9.90 Å². The van der Waals surface area contributed by atoms with E-state index in [-0.39, 0.29) is 11.7 Å². The second kappa shape index (κ2) is 6.10. The van der Waals surface area contributed by atoms with Crippen molar-refractivity contribution in [2.75, 3.05) is 7.05 Å². The molecule has 0 saturated carbocycles. The number of carbonyl (C=O) groups is 1. The summed E-state index contributed by atoms with van der Waals surface area (Å²) in [5, 5.41) is 18.6. The highest BCUT2D eigenvalue weighted by Crippen LogP contribution is 2.19. The smallest absolute Gasteiger partial charge is 0.254 e. The summed E-state index contributed by atoms with van der Waals surface area (Å²) < 4.78 is 0. The van der Waals surface area contributed by atoms with E-state index in [0.29, 0.717) is 17.7 Å². The molecule has 2 aromatic carbocycles. The first-order valence-electron chi connectivity index (χ1n) is 6.55. The van der Waals surface area contributed by atoms with E-state index >= 15 is 0 Å². The van der Waals surface area contributed by atoms with Crippen molar-refractivity contribution >= 4 is 5.91 Å². The Morgan fingerprint density at radius 3 is 2.71 bits per heavy atom. The second-order valence-electron chi connectivity index (χ2n) is 4.97. The lowest BCUT2D eigenvalue weighted by Crippen LogP contribution is -2.26. The third kappa shape index (κ3) is 3.40. The minimum Gasteiger partial charge on any atom is -0.508 e. The third-order valence-electron chi connectivity index (χ3n) is 3.28. The Labute approximate surface area is 123 Å². The average Bonchev–Trinajstić information content (AvgIpc) is 2.49. The van der Waals surface area contributed by atoms with Crippen molar-refractivity contribution in [3.8, 4) is 11.8 Å². The lowest BCUT2D eigenvalue weighted by molar-refractivity contribution is 0.0784. The van der Waals surface area contributed by atoms with Crippen molar-refractivity contribution in [3.63, 3.8) is 0 Å². The summed E-state index contributed by atoms with van der Waals surface area (Å²) in [6, 6.07) is 14.1. The van der Waals surface area contributed by atoms with Crippen molar-refractivity contribution < 1.29 is 9.90 Å². The number of hydrogen-bond acceptors (Lipinski definition) is 3. The number of carbonyl (C=O) groups excluding carboxylic acids is 1. The summed E-state index contributed by atoms with van der Waals surface area (Å²) in [6.07, 6.45) is 0. The molecule has 0 aliphatic carbocycles. The van der Waals surface area contributed by atoms with Crippen LogP contribution in [0.4, 0.5) is 0 Å². The number of hydrogen-bond donors (Lipinski definition) is 1. The molecule has 1 N–H and O–H groups in total. The van der Waals surface area contributed by atoms with Gasteiger partial charge in [-0.25, -0.2) is 0 Å². The molecule has 106 valence electrons. The maximum absolute atomic E-state index is 12.3. The average molecular weight is 280 g/mol. The molecule has 1 amide bonds. The second-order valence-corrected chi connectivity index (χ2v) is 4.97. The van der Waals surface area contributed by atoms with E-state index in [1.165, 1.54) is 6.07 Å². The molecular weight excluding hydrogens is 264 g/mol. The maximum atomic E-state index is 12.3. The van der Waals surface area contributed by atoms with E-state index in [1.807, 2.05) is 6.07 Å². The monoisotopic (exact) mass is 280 g/mol. The lowest BCUT2D eigenvalue weighted by Gasteiger charge is -2.18. The van der Waals surface area contributed by atoms with Crippen LogP contribution < -0.4 is 0 Å². The molecule has 0 heterocycles. The molecule has 0 atom stereocenters. The third-order valence-corrected chi connectivity index (χ3v) is 3.28. The van der Waals surface area contributed by atoms with Gasteiger partial charge in [0.1, 0.15) is 5.75 Å². The van der Waals surface area contributed by atoms with Crippen LogP contribution in [0.25, 0.3) is 0 Å². The van der Waals surface area contributed by atoms with Crippen LogP contribution in [0.1, 0.15) is 27.0 Å². The molecule has 2 rings (SSSR count). The van der Waals surface area contributed by atoms with Crippen molar-refractivity contribution in [2.24, 2.45) is 0 Å². The number of phenols is 1. The Morgan fingerprint density at radius 2 is 2.05 bits per heavy atom. The molecule has 0 fully saturated rings. The zero-order valence-corrected chi connectivity index (χ0v) is 12.0. The first-order chi connectivity index (χ1) is 10.0. The Bertz CT molecular complexity index is 717. The Hall–Kier alpha value is -2.80. The first kappa shape index (κ1) is 14.6. The molecule has 0 saturated heterocycles. The highest BCUT2D eigenvalue weighted by Gasteiger charge is 2.13. The van der Waals surface area contributed by atoms with Crippen LogP contribution in [0.15, 0.2) is 42.5 Å². The van der Waals surface area contributed by atoms with Gasteiger partial charge in [-0.1, -0.05) is 18.2 Å². The summed E-state index contributed by atoms with van der Waals surface area (Å²) in [7, 11) is 1.69. The number of amides is 1. The molecule has 4 heteroatoms. The molecule has 21 heavy (non-hydrogen) atoms. The number of aromatic hydroxyl groups is 1. The fraction of sp³-hybridized carbons (Fsp3) is 0.176. The van der Waals surface area contributed by atoms with Crippen molar-refractivity contribution in [3.05, 3.63) is 64.7 Å². The van der Waals surface area contributed by atoms with Crippen molar-refractivity contribution in [1.82, 2.24) is 4.90 Å². The minimum atomic E-state index is -0.173. The Kier molecular flexibility index (Phi) is 4.24. The molecule has 0 unspecified atom stereocenters. The highest BCUT2D eigenvalue weighted by molar-refractivity contribution is 5.94. The van der Waals surface area contributed by atoms with Gasteiger partial charge in [0.15, 0.2) is 0 Å². The van der Waals surface area contributed by atoms with E-state index in [1.54, 1.807) is 49.2 Å². The number of benzene rings is 2. The highest BCUT2D eigenvalue weighted by atomic mass is 16.3. The Balaban J connectivity index is 2.15. The Morgan fingerprint density at radius 1 is 1.29 bits per heavy atom. The minimum absolute atomic E-state index is 0.112. The maximum Gasteiger partial charge on any atom is 0.254 e. The predicted molar refractivity (Wildman–Crippen MR) is 79.8 cm³/mol. The SMILES string of the molecule is Cc1ccc(C(=O)N(C)Cc2cccc(C#N)c2)cc1O. The molecular formula is C17H16N2O2. The van der Waals surface area contributed by atoms with Crippen LogP contribution in [0.3, 0.4) is 0 Å². The summed E-state index contributed by atoms with van der Waals surface area (Å²) in [4.78, 5) is 13.9. The molecule has 0 bridgehead atoms. The van der Waals surface area contributed by atoms with Gasteiger partial charge in [-0.3, -0.25) is 4.79 Å². The van der Waals surface area contributed by atoms with Gasteiger partial charge >= 0.3 is 0 Å². The van der Waals surface area contributed by atoms with Crippen LogP contribution in [0, 0.1) is 18.3 Å². The summed E-state index contributed by atoms with van der Waals surface area (Å²) >= 11 is 0. The largest absolute Gasteiger partial charge is 0.508 e. The lowest BCUT2D eigenvalue weighted by atomic mass is 10.1. The number of nitriles is 1. The number of phenolic OH excluding ortho intramolecular Hbond substituents is 1. The summed E-state index contributed by atoms with van der Waals surface area (Å²) in [5.41, 5.74) is 2.63. The molecule has 0 radical (unpaired) electrons. The van der Waals surface area contributed by atoms with E-state index in [0.717, 1.165) is 11.1 Å². The van der Waals surface area contributed by atoms with Crippen molar-refractivity contribution in [1.29, 1.82) is 5.26 Å². The quantitative estimate of drug-likeness (QED) is 0.940.